The Hall–Kier alpha value is -0.860. The maximum Gasteiger partial charge on any atom is 0.0438 e. The van der Waals surface area contributed by atoms with E-state index in [4.69, 9.17) is 5.73 Å². The van der Waals surface area contributed by atoms with Gasteiger partial charge in [-0.1, -0.05) is 30.3 Å². The largest absolute Gasteiger partial charge is 0.328 e. The van der Waals surface area contributed by atoms with Crippen LogP contribution in [0, 0.1) is 0 Å². The van der Waals surface area contributed by atoms with E-state index in [0.29, 0.717) is 17.6 Å². The molecule has 0 radical (unpaired) electrons. The number of nitrogens with one attached hydrogen (secondary N) is 1. The molecule has 3 rings (SSSR count). The highest BCUT2D eigenvalue weighted by Crippen LogP contribution is 2.46. The van der Waals surface area contributed by atoms with Crippen LogP contribution >= 0.6 is 0 Å². The minimum atomic E-state index is 0.299. The zero-order valence-electron chi connectivity index (χ0n) is 10.4. The summed E-state index contributed by atoms with van der Waals surface area (Å²) in [6.45, 7) is 0. The summed E-state index contributed by atoms with van der Waals surface area (Å²) in [5.74, 6) is 0. The zero-order chi connectivity index (χ0) is 11.7. The molecule has 92 valence electrons. The van der Waals surface area contributed by atoms with Gasteiger partial charge >= 0.3 is 0 Å². The lowest BCUT2D eigenvalue weighted by atomic mass is 9.90. The first kappa shape index (κ1) is 11.2. The maximum absolute atomic E-state index is 5.96. The van der Waals surface area contributed by atoms with Crippen molar-refractivity contribution < 1.29 is 0 Å². The van der Waals surface area contributed by atoms with Crippen LogP contribution in [0.3, 0.4) is 0 Å². The highest BCUT2D eigenvalue weighted by molar-refractivity contribution is 5.30. The first-order valence-corrected chi connectivity index (χ1v) is 6.87. The van der Waals surface area contributed by atoms with Gasteiger partial charge in [-0.2, -0.15) is 0 Å². The van der Waals surface area contributed by atoms with Gasteiger partial charge in [-0.05, 0) is 44.1 Å². The van der Waals surface area contributed by atoms with E-state index in [9.17, 15) is 0 Å². The third-order valence-electron chi connectivity index (χ3n) is 4.33. The van der Waals surface area contributed by atoms with Crippen LogP contribution in [-0.2, 0) is 5.54 Å². The van der Waals surface area contributed by atoms with Crippen molar-refractivity contribution in [3.05, 3.63) is 35.9 Å². The molecule has 2 nitrogen and oxygen atoms in total. The third kappa shape index (κ3) is 2.38. The van der Waals surface area contributed by atoms with Crippen molar-refractivity contribution in [2.24, 2.45) is 5.73 Å². The Morgan fingerprint density at radius 2 is 1.65 bits per heavy atom. The fourth-order valence-electron chi connectivity index (χ4n) is 3.05. The first-order valence-electron chi connectivity index (χ1n) is 6.87. The Labute approximate surface area is 104 Å². The van der Waals surface area contributed by atoms with E-state index in [0.717, 1.165) is 0 Å². The van der Waals surface area contributed by atoms with Crippen LogP contribution in [0.2, 0.25) is 0 Å². The van der Waals surface area contributed by atoms with Crippen molar-refractivity contribution in [1.29, 1.82) is 0 Å². The predicted molar refractivity (Wildman–Crippen MR) is 70.7 cm³/mol. The molecule has 1 aromatic carbocycles. The number of nitrogens with two attached hydrogens (primary N) is 1. The van der Waals surface area contributed by atoms with Crippen LogP contribution in [0.15, 0.2) is 30.3 Å². The smallest absolute Gasteiger partial charge is 0.0438 e. The molecule has 2 heteroatoms. The lowest BCUT2D eigenvalue weighted by Crippen LogP contribution is -2.42. The van der Waals surface area contributed by atoms with Crippen molar-refractivity contribution in [3.8, 4) is 0 Å². The van der Waals surface area contributed by atoms with E-state index >= 15 is 0 Å². The Morgan fingerprint density at radius 1 is 1.00 bits per heavy atom. The first-order chi connectivity index (χ1) is 8.28. The minimum absolute atomic E-state index is 0.299. The summed E-state index contributed by atoms with van der Waals surface area (Å²) >= 11 is 0. The van der Waals surface area contributed by atoms with Gasteiger partial charge in [0.25, 0.3) is 0 Å². The monoisotopic (exact) mass is 230 g/mol. The topological polar surface area (TPSA) is 38.0 Å². The van der Waals surface area contributed by atoms with Crippen LogP contribution in [0.25, 0.3) is 0 Å². The summed E-state index contributed by atoms with van der Waals surface area (Å²) in [5, 5.41) is 3.89. The highest BCUT2D eigenvalue weighted by Gasteiger charge is 2.45. The van der Waals surface area contributed by atoms with Gasteiger partial charge in [0.1, 0.15) is 0 Å². The Kier molecular flexibility index (Phi) is 2.93. The van der Waals surface area contributed by atoms with Crippen LogP contribution in [0.5, 0.6) is 0 Å². The maximum atomic E-state index is 5.96. The van der Waals surface area contributed by atoms with E-state index in [1.807, 2.05) is 0 Å². The molecule has 0 spiro atoms. The molecular weight excluding hydrogens is 208 g/mol. The molecule has 3 N–H and O–H groups in total. The lowest BCUT2D eigenvalue weighted by Gasteiger charge is -2.31. The van der Waals surface area contributed by atoms with Gasteiger partial charge in [-0.15, -0.1) is 0 Å². The van der Waals surface area contributed by atoms with Crippen LogP contribution in [-0.4, -0.2) is 12.1 Å². The Balaban J connectivity index is 1.65. The van der Waals surface area contributed by atoms with E-state index in [-0.39, 0.29) is 0 Å². The van der Waals surface area contributed by atoms with Crippen molar-refractivity contribution in [2.75, 3.05) is 0 Å². The summed E-state index contributed by atoms with van der Waals surface area (Å²) in [7, 11) is 0. The summed E-state index contributed by atoms with van der Waals surface area (Å²) in [5.41, 5.74) is 7.73. The molecule has 0 atom stereocenters. The van der Waals surface area contributed by atoms with Gasteiger partial charge in [0.2, 0.25) is 0 Å². The second-order valence-corrected chi connectivity index (χ2v) is 5.70. The predicted octanol–water partition coefficient (Wildman–Crippen LogP) is 2.54. The van der Waals surface area contributed by atoms with Crippen molar-refractivity contribution in [1.82, 2.24) is 5.32 Å². The van der Waals surface area contributed by atoms with Gasteiger partial charge in [0.15, 0.2) is 0 Å². The summed E-state index contributed by atoms with van der Waals surface area (Å²) < 4.78 is 0. The van der Waals surface area contributed by atoms with Crippen molar-refractivity contribution >= 4 is 0 Å². The molecule has 2 fully saturated rings. The average Bonchev–Trinajstić information content (AvgIpc) is 3.15. The van der Waals surface area contributed by atoms with Gasteiger partial charge in [0, 0.05) is 17.6 Å². The second kappa shape index (κ2) is 4.43. The molecule has 17 heavy (non-hydrogen) atoms. The van der Waals surface area contributed by atoms with Gasteiger partial charge in [0.05, 0.1) is 0 Å². The SMILES string of the molecule is N[C@H]1CC[C@H](NC2(c3ccccc3)CC2)CC1. The lowest BCUT2D eigenvalue weighted by molar-refractivity contribution is 0.307. The molecule has 2 aliphatic carbocycles. The van der Waals surface area contributed by atoms with E-state index in [2.05, 4.69) is 35.6 Å². The van der Waals surface area contributed by atoms with Crippen LogP contribution < -0.4 is 11.1 Å². The standard InChI is InChI=1S/C15H22N2/c16-13-6-8-14(9-7-13)17-15(10-11-15)12-4-2-1-3-5-12/h1-5,13-14,17H,6-11,16H2/t13-,14-. The summed E-state index contributed by atoms with van der Waals surface area (Å²) in [6, 6.07) is 12.0. The molecule has 0 heterocycles. The quantitative estimate of drug-likeness (QED) is 0.837. The molecule has 0 saturated heterocycles. The molecule has 0 unspecified atom stereocenters. The molecular formula is C15H22N2. The molecule has 0 aromatic heterocycles. The molecule has 2 saturated carbocycles. The molecule has 0 aliphatic heterocycles. The van der Waals surface area contributed by atoms with Crippen LogP contribution in [0.4, 0.5) is 0 Å². The molecule has 2 aliphatic rings. The highest BCUT2D eigenvalue weighted by atomic mass is 15.1. The fraction of sp³-hybridized carbons (Fsp3) is 0.600. The number of rotatable bonds is 3. The van der Waals surface area contributed by atoms with Crippen molar-refractivity contribution in [3.63, 3.8) is 0 Å². The van der Waals surface area contributed by atoms with Gasteiger partial charge in [-0.3, -0.25) is 0 Å². The third-order valence-corrected chi connectivity index (χ3v) is 4.33. The average molecular weight is 230 g/mol. The van der Waals surface area contributed by atoms with Gasteiger partial charge < -0.3 is 11.1 Å². The van der Waals surface area contributed by atoms with Gasteiger partial charge in [-0.25, -0.2) is 0 Å². The Morgan fingerprint density at radius 3 is 2.24 bits per heavy atom. The van der Waals surface area contributed by atoms with E-state index in [1.54, 1.807) is 0 Å². The van der Waals surface area contributed by atoms with Crippen molar-refractivity contribution in [2.45, 2.75) is 56.1 Å². The summed E-state index contributed by atoms with van der Waals surface area (Å²) in [4.78, 5) is 0. The van der Waals surface area contributed by atoms with E-state index in [1.165, 1.54) is 44.1 Å². The fourth-order valence-corrected chi connectivity index (χ4v) is 3.05. The van der Waals surface area contributed by atoms with Crippen LogP contribution in [0.1, 0.15) is 44.1 Å². The zero-order valence-corrected chi connectivity index (χ0v) is 10.4. The second-order valence-electron chi connectivity index (χ2n) is 5.70. The molecule has 0 amide bonds. The molecule has 1 aromatic rings. The number of hydrogen-bond donors (Lipinski definition) is 2. The number of hydrogen-bond acceptors (Lipinski definition) is 2. The minimum Gasteiger partial charge on any atom is -0.328 e. The normalized spacial score (nSPS) is 31.1. The number of benzene rings is 1. The summed E-state index contributed by atoms with van der Waals surface area (Å²) in [6.07, 6.45) is 7.44. The van der Waals surface area contributed by atoms with E-state index < -0.39 is 0 Å². The Bertz CT molecular complexity index is 362. The molecule has 0 bridgehead atoms.